The van der Waals surface area contributed by atoms with E-state index in [0.717, 1.165) is 11.3 Å². The van der Waals surface area contributed by atoms with Crippen LogP contribution in [-0.4, -0.2) is 29.1 Å². The Morgan fingerprint density at radius 3 is 2.57 bits per heavy atom. The molecule has 0 radical (unpaired) electrons. The van der Waals surface area contributed by atoms with E-state index in [2.05, 4.69) is 6.58 Å². The van der Waals surface area contributed by atoms with Crippen LogP contribution in [0.4, 0.5) is 4.39 Å². The van der Waals surface area contributed by atoms with Gasteiger partial charge >= 0.3 is 0 Å². The van der Waals surface area contributed by atoms with E-state index in [-0.39, 0.29) is 5.91 Å². The number of amides is 1. The van der Waals surface area contributed by atoms with Crippen LogP contribution in [0.15, 0.2) is 36.9 Å². The van der Waals surface area contributed by atoms with E-state index in [4.69, 9.17) is 16.3 Å². The molecule has 0 saturated heterocycles. The van der Waals surface area contributed by atoms with E-state index in [1.807, 2.05) is 38.1 Å². The molecule has 1 fully saturated rings. The molecule has 1 aromatic carbocycles. The molecule has 1 amide bonds. The van der Waals surface area contributed by atoms with E-state index in [1.165, 1.54) is 6.08 Å². The lowest BCUT2D eigenvalue weighted by Crippen LogP contribution is -2.31. The van der Waals surface area contributed by atoms with Crippen LogP contribution >= 0.6 is 11.6 Å². The van der Waals surface area contributed by atoms with Gasteiger partial charge in [0, 0.05) is 24.9 Å². The van der Waals surface area contributed by atoms with Crippen molar-refractivity contribution in [1.29, 1.82) is 0 Å². The monoisotopic (exact) mass is 339 g/mol. The van der Waals surface area contributed by atoms with Gasteiger partial charge in [0.2, 0.25) is 5.91 Å². The van der Waals surface area contributed by atoms with Crippen LogP contribution in [0.25, 0.3) is 0 Å². The number of carbonyl (C=O) groups is 1. The highest BCUT2D eigenvalue weighted by molar-refractivity contribution is 6.25. The summed E-state index contributed by atoms with van der Waals surface area (Å²) in [5.74, 6) is 0.634. The van der Waals surface area contributed by atoms with Crippen molar-refractivity contribution >= 4 is 17.5 Å². The molecule has 0 aromatic heterocycles. The number of nitrogens with zero attached hydrogens (tertiary/aromatic N) is 1. The molecule has 126 valence electrons. The van der Waals surface area contributed by atoms with Gasteiger partial charge in [0.15, 0.2) is 5.13 Å². The molecule has 0 N–H and O–H groups in total. The Morgan fingerprint density at radius 2 is 2.09 bits per heavy atom. The van der Waals surface area contributed by atoms with Crippen LogP contribution in [0.5, 0.6) is 5.75 Å². The molecule has 1 aliphatic rings. The number of carbonyl (C=O) groups excluding carboxylic acids is 1. The summed E-state index contributed by atoms with van der Waals surface area (Å²) in [5.41, 5.74) is 0.439. The summed E-state index contributed by atoms with van der Waals surface area (Å²) < 4.78 is 19.2. The average molecular weight is 340 g/mol. The molecule has 2 unspecified atom stereocenters. The molecular weight excluding hydrogens is 317 g/mol. The Morgan fingerprint density at radius 1 is 1.48 bits per heavy atom. The third-order valence-corrected chi connectivity index (χ3v) is 4.99. The van der Waals surface area contributed by atoms with Crippen LogP contribution in [0, 0.1) is 5.41 Å². The van der Waals surface area contributed by atoms with Gasteiger partial charge < -0.3 is 9.64 Å². The van der Waals surface area contributed by atoms with Gasteiger partial charge in [-0.25, -0.2) is 4.39 Å². The fourth-order valence-electron chi connectivity index (χ4n) is 2.57. The molecule has 2 atom stereocenters. The lowest BCUT2D eigenvalue weighted by atomic mass is 10.0. The minimum Gasteiger partial charge on any atom is -0.494 e. The molecule has 0 bridgehead atoms. The van der Waals surface area contributed by atoms with Gasteiger partial charge in [-0.2, -0.15) is 0 Å². The maximum Gasteiger partial charge on any atom is 0.246 e. The van der Waals surface area contributed by atoms with Gasteiger partial charge in [-0.15, -0.1) is 0 Å². The van der Waals surface area contributed by atoms with Crippen molar-refractivity contribution in [2.45, 2.75) is 38.4 Å². The van der Waals surface area contributed by atoms with E-state index in [9.17, 15) is 9.18 Å². The van der Waals surface area contributed by atoms with E-state index in [1.54, 1.807) is 4.90 Å². The SMILES string of the molecule is C=CC(=O)N(CCC1(C)CC1(F)Cl)Cc1ccc(OCC)cc1. The largest absolute Gasteiger partial charge is 0.494 e. The van der Waals surface area contributed by atoms with Gasteiger partial charge in [0.1, 0.15) is 5.75 Å². The molecular formula is C18H23ClFNO2. The smallest absolute Gasteiger partial charge is 0.246 e. The molecule has 0 heterocycles. The van der Waals surface area contributed by atoms with Crippen LogP contribution < -0.4 is 4.74 Å². The first kappa shape index (κ1) is 17.8. The maximum absolute atomic E-state index is 13.8. The molecule has 1 aromatic rings. The topological polar surface area (TPSA) is 29.5 Å². The summed E-state index contributed by atoms with van der Waals surface area (Å²) in [7, 11) is 0. The number of rotatable bonds is 8. The number of alkyl halides is 2. The predicted octanol–water partition coefficient (Wildman–Crippen LogP) is 4.30. The van der Waals surface area contributed by atoms with Crippen molar-refractivity contribution in [3.05, 3.63) is 42.5 Å². The minimum atomic E-state index is -1.63. The Labute approximate surface area is 142 Å². The Balaban J connectivity index is 1.98. The highest BCUT2D eigenvalue weighted by atomic mass is 35.5. The Bertz CT molecular complexity index is 573. The summed E-state index contributed by atoms with van der Waals surface area (Å²) in [5, 5.41) is -1.63. The molecule has 1 aliphatic carbocycles. The predicted molar refractivity (Wildman–Crippen MR) is 90.3 cm³/mol. The van der Waals surface area contributed by atoms with Gasteiger partial charge in [-0.1, -0.05) is 37.2 Å². The third kappa shape index (κ3) is 4.25. The molecule has 23 heavy (non-hydrogen) atoms. The van der Waals surface area contributed by atoms with Crippen LogP contribution in [0.2, 0.25) is 0 Å². The summed E-state index contributed by atoms with van der Waals surface area (Å²) in [4.78, 5) is 13.7. The first-order valence-electron chi connectivity index (χ1n) is 7.82. The number of halogens is 2. The average Bonchev–Trinajstić information content (AvgIpc) is 3.03. The third-order valence-electron chi connectivity index (χ3n) is 4.40. The maximum atomic E-state index is 13.8. The van der Waals surface area contributed by atoms with Gasteiger partial charge in [0.25, 0.3) is 0 Å². The van der Waals surface area contributed by atoms with Crippen LogP contribution in [0.1, 0.15) is 32.3 Å². The normalized spacial score (nSPS) is 25.7. The Hall–Kier alpha value is -1.55. The lowest BCUT2D eigenvalue weighted by molar-refractivity contribution is -0.126. The summed E-state index contributed by atoms with van der Waals surface area (Å²) in [6.07, 6.45) is 2.15. The molecule has 5 heteroatoms. The lowest BCUT2D eigenvalue weighted by Gasteiger charge is -2.23. The second-order valence-electron chi connectivity index (χ2n) is 6.23. The van der Waals surface area contributed by atoms with Crippen molar-refractivity contribution in [2.24, 2.45) is 5.41 Å². The summed E-state index contributed by atoms with van der Waals surface area (Å²) in [6, 6.07) is 7.61. The van der Waals surface area contributed by atoms with Gasteiger partial charge in [-0.3, -0.25) is 4.79 Å². The zero-order valence-corrected chi connectivity index (χ0v) is 14.4. The van der Waals surface area contributed by atoms with Crippen molar-refractivity contribution < 1.29 is 13.9 Å². The zero-order chi connectivity index (χ0) is 17.1. The molecule has 1 saturated carbocycles. The van der Waals surface area contributed by atoms with Crippen LogP contribution in [0.3, 0.4) is 0 Å². The molecule has 0 spiro atoms. The number of hydrogen-bond donors (Lipinski definition) is 0. The van der Waals surface area contributed by atoms with Gasteiger partial charge in [0.05, 0.1) is 6.61 Å². The van der Waals surface area contributed by atoms with Crippen molar-refractivity contribution in [3.63, 3.8) is 0 Å². The molecule has 3 nitrogen and oxygen atoms in total. The first-order valence-corrected chi connectivity index (χ1v) is 8.20. The molecule has 2 rings (SSSR count). The highest BCUT2D eigenvalue weighted by Crippen LogP contribution is 2.63. The second kappa shape index (κ2) is 6.91. The standard InChI is InChI=1S/C18H23ClFNO2/c1-4-16(22)21(11-10-17(3)13-18(17,19)20)12-14-6-8-15(9-7-14)23-5-2/h4,6-9H,1,5,10-13H2,2-3H3. The second-order valence-corrected chi connectivity index (χ2v) is 6.83. The first-order chi connectivity index (χ1) is 10.8. The van der Waals surface area contributed by atoms with E-state index < -0.39 is 10.5 Å². The van der Waals surface area contributed by atoms with Gasteiger partial charge in [-0.05, 0) is 37.1 Å². The minimum absolute atomic E-state index is 0.165. The number of hydrogen-bond acceptors (Lipinski definition) is 2. The molecule has 0 aliphatic heterocycles. The highest BCUT2D eigenvalue weighted by Gasteiger charge is 2.64. The van der Waals surface area contributed by atoms with Crippen LogP contribution in [-0.2, 0) is 11.3 Å². The zero-order valence-electron chi connectivity index (χ0n) is 13.6. The quantitative estimate of drug-likeness (QED) is 0.522. The fourth-order valence-corrected chi connectivity index (χ4v) is 2.96. The fraction of sp³-hybridized carbons (Fsp3) is 0.500. The van der Waals surface area contributed by atoms with Crippen molar-refractivity contribution in [3.8, 4) is 5.75 Å². The number of benzene rings is 1. The van der Waals surface area contributed by atoms with E-state index in [0.29, 0.717) is 32.5 Å². The van der Waals surface area contributed by atoms with Crippen molar-refractivity contribution in [2.75, 3.05) is 13.2 Å². The van der Waals surface area contributed by atoms with E-state index >= 15 is 0 Å². The Kier molecular flexibility index (Phi) is 5.35. The summed E-state index contributed by atoms with van der Waals surface area (Å²) in [6.45, 7) is 8.80. The van der Waals surface area contributed by atoms with Crippen molar-refractivity contribution in [1.82, 2.24) is 4.90 Å². The number of ether oxygens (including phenoxy) is 1. The summed E-state index contributed by atoms with van der Waals surface area (Å²) >= 11 is 5.75.